The van der Waals surface area contributed by atoms with E-state index < -0.39 is 0 Å². The number of carbonyl (C=O) groups is 2. The van der Waals surface area contributed by atoms with Crippen molar-refractivity contribution >= 4 is 17.8 Å². The van der Waals surface area contributed by atoms with Gasteiger partial charge in [-0.15, -0.1) is 0 Å². The molecule has 2 N–H and O–H groups in total. The average molecular weight is 355 g/mol. The van der Waals surface area contributed by atoms with Crippen LogP contribution in [0, 0.1) is 0 Å². The van der Waals surface area contributed by atoms with Crippen LogP contribution in [0.4, 0.5) is 10.6 Å². The molecule has 3 rings (SSSR count). The van der Waals surface area contributed by atoms with E-state index in [2.05, 4.69) is 9.97 Å². The number of nitrogens with zero attached hydrogens (tertiary/aromatic N) is 4. The molecule has 0 spiro atoms. The third-order valence-corrected chi connectivity index (χ3v) is 4.16. The number of hydrogen-bond donors (Lipinski definition) is 1. The molecule has 1 aromatic heterocycles. The predicted octanol–water partition coefficient (Wildman–Crippen LogP) is 1.64. The van der Waals surface area contributed by atoms with Crippen molar-refractivity contribution in [2.24, 2.45) is 0 Å². The zero-order valence-corrected chi connectivity index (χ0v) is 14.6. The van der Waals surface area contributed by atoms with Crippen LogP contribution in [0.5, 0.6) is 0 Å². The number of nitrogens with two attached hydrogens (primary N) is 1. The molecule has 26 heavy (non-hydrogen) atoms. The molecule has 2 amide bonds. The minimum atomic E-state index is -0.328. The maximum absolute atomic E-state index is 12.6. The Morgan fingerprint density at radius 2 is 1.73 bits per heavy atom. The van der Waals surface area contributed by atoms with Gasteiger partial charge in [-0.2, -0.15) is 0 Å². The highest BCUT2D eigenvalue weighted by Gasteiger charge is 2.25. The third kappa shape index (κ3) is 3.90. The van der Waals surface area contributed by atoms with Gasteiger partial charge in [-0.3, -0.25) is 4.79 Å². The van der Waals surface area contributed by atoms with E-state index in [-0.39, 0.29) is 12.0 Å². The number of amides is 2. The molecule has 0 aliphatic carbocycles. The lowest BCUT2D eigenvalue weighted by atomic mass is 10.1. The van der Waals surface area contributed by atoms with Crippen LogP contribution in [-0.4, -0.2) is 64.6 Å². The number of rotatable bonds is 3. The Balaban J connectivity index is 1.63. The molecule has 2 aromatic rings. The summed E-state index contributed by atoms with van der Waals surface area (Å²) < 4.78 is 4.99. The number of nitrogen functional groups attached to an aromatic ring is 1. The molecular weight excluding hydrogens is 334 g/mol. The van der Waals surface area contributed by atoms with Crippen LogP contribution in [0.15, 0.2) is 36.5 Å². The summed E-state index contributed by atoms with van der Waals surface area (Å²) >= 11 is 0. The highest BCUT2D eigenvalue weighted by Crippen LogP contribution is 2.17. The summed E-state index contributed by atoms with van der Waals surface area (Å²) in [6, 6.07) is 8.73. The van der Waals surface area contributed by atoms with Crippen LogP contribution in [0.1, 0.15) is 17.3 Å². The van der Waals surface area contributed by atoms with Crippen molar-refractivity contribution in [3.05, 3.63) is 42.1 Å². The van der Waals surface area contributed by atoms with Crippen LogP contribution in [0.3, 0.4) is 0 Å². The first kappa shape index (κ1) is 17.7. The van der Waals surface area contributed by atoms with Gasteiger partial charge in [0, 0.05) is 43.5 Å². The quantitative estimate of drug-likeness (QED) is 0.898. The van der Waals surface area contributed by atoms with E-state index in [0.717, 1.165) is 5.56 Å². The molecule has 0 unspecified atom stereocenters. The Morgan fingerprint density at radius 3 is 2.35 bits per heavy atom. The van der Waals surface area contributed by atoms with E-state index in [1.54, 1.807) is 53.3 Å². The zero-order chi connectivity index (χ0) is 18.5. The molecule has 8 heteroatoms. The van der Waals surface area contributed by atoms with Gasteiger partial charge in [0.1, 0.15) is 5.82 Å². The van der Waals surface area contributed by atoms with Gasteiger partial charge in [-0.05, 0) is 25.1 Å². The molecule has 1 fully saturated rings. The van der Waals surface area contributed by atoms with Crippen LogP contribution in [-0.2, 0) is 4.74 Å². The van der Waals surface area contributed by atoms with Crippen LogP contribution < -0.4 is 5.73 Å². The summed E-state index contributed by atoms with van der Waals surface area (Å²) in [5, 5.41) is 0. The number of hydrogen-bond acceptors (Lipinski definition) is 6. The lowest BCUT2D eigenvalue weighted by Gasteiger charge is -2.34. The molecule has 2 heterocycles. The first-order chi connectivity index (χ1) is 12.6. The fraction of sp³-hybridized carbons (Fsp3) is 0.333. The number of carbonyl (C=O) groups excluding carboxylic acids is 2. The van der Waals surface area contributed by atoms with Crippen molar-refractivity contribution in [1.82, 2.24) is 19.8 Å². The minimum absolute atomic E-state index is 0.0615. The minimum Gasteiger partial charge on any atom is -0.450 e. The summed E-state index contributed by atoms with van der Waals surface area (Å²) in [6.07, 6.45) is 1.27. The second-order valence-corrected chi connectivity index (χ2v) is 5.86. The lowest BCUT2D eigenvalue weighted by molar-refractivity contribution is 0.0570. The smallest absolute Gasteiger partial charge is 0.409 e. The topological polar surface area (TPSA) is 102 Å². The highest BCUT2D eigenvalue weighted by atomic mass is 16.6. The fourth-order valence-electron chi connectivity index (χ4n) is 2.76. The lowest BCUT2D eigenvalue weighted by Crippen LogP contribution is -2.50. The summed E-state index contributed by atoms with van der Waals surface area (Å²) in [5.41, 5.74) is 7.05. The molecule has 8 nitrogen and oxygen atoms in total. The van der Waals surface area contributed by atoms with Gasteiger partial charge in [-0.25, -0.2) is 14.8 Å². The fourth-order valence-corrected chi connectivity index (χ4v) is 2.76. The summed E-state index contributed by atoms with van der Waals surface area (Å²) in [5.74, 6) is 0.857. The predicted molar refractivity (Wildman–Crippen MR) is 96.4 cm³/mol. The van der Waals surface area contributed by atoms with Crippen molar-refractivity contribution in [3.63, 3.8) is 0 Å². The summed E-state index contributed by atoms with van der Waals surface area (Å²) in [6.45, 7) is 4.03. The Bertz CT molecular complexity index is 786. The maximum Gasteiger partial charge on any atom is 0.409 e. The molecule has 1 saturated heterocycles. The number of ether oxygens (including phenoxy) is 1. The van der Waals surface area contributed by atoms with Gasteiger partial charge in [0.05, 0.1) is 6.61 Å². The van der Waals surface area contributed by atoms with Crippen LogP contribution in [0.2, 0.25) is 0 Å². The van der Waals surface area contributed by atoms with Crippen molar-refractivity contribution in [3.8, 4) is 11.4 Å². The zero-order valence-electron chi connectivity index (χ0n) is 14.6. The Kier molecular flexibility index (Phi) is 5.31. The second-order valence-electron chi connectivity index (χ2n) is 5.86. The molecule has 0 atom stereocenters. The number of anilines is 1. The first-order valence-electron chi connectivity index (χ1n) is 8.48. The van der Waals surface area contributed by atoms with Gasteiger partial charge < -0.3 is 20.3 Å². The Morgan fingerprint density at radius 1 is 1.08 bits per heavy atom. The summed E-state index contributed by atoms with van der Waals surface area (Å²) in [4.78, 5) is 36.1. The average Bonchev–Trinajstić information content (AvgIpc) is 2.68. The molecule has 0 radical (unpaired) electrons. The van der Waals surface area contributed by atoms with Crippen molar-refractivity contribution in [1.29, 1.82) is 0 Å². The van der Waals surface area contributed by atoms with Crippen molar-refractivity contribution in [2.45, 2.75) is 6.92 Å². The molecule has 1 aliphatic rings. The van der Waals surface area contributed by atoms with Gasteiger partial charge in [0.15, 0.2) is 5.82 Å². The van der Waals surface area contributed by atoms with Crippen molar-refractivity contribution < 1.29 is 14.3 Å². The Hall–Kier alpha value is -3.16. The van der Waals surface area contributed by atoms with Gasteiger partial charge >= 0.3 is 6.09 Å². The van der Waals surface area contributed by atoms with Gasteiger partial charge in [0.25, 0.3) is 5.91 Å². The van der Waals surface area contributed by atoms with E-state index >= 15 is 0 Å². The second kappa shape index (κ2) is 7.81. The number of piperazine rings is 1. The normalized spacial score (nSPS) is 14.2. The van der Waals surface area contributed by atoms with Gasteiger partial charge in [0.2, 0.25) is 0 Å². The molecule has 1 aromatic carbocycles. The Labute approximate surface area is 151 Å². The van der Waals surface area contributed by atoms with Crippen molar-refractivity contribution in [2.75, 3.05) is 38.5 Å². The van der Waals surface area contributed by atoms with Gasteiger partial charge in [-0.1, -0.05) is 12.1 Å². The molecule has 136 valence electrons. The monoisotopic (exact) mass is 355 g/mol. The number of benzene rings is 1. The van der Waals surface area contributed by atoms with Crippen LogP contribution in [0.25, 0.3) is 11.4 Å². The van der Waals surface area contributed by atoms with E-state index in [1.165, 1.54) is 0 Å². The van der Waals surface area contributed by atoms with E-state index in [4.69, 9.17) is 10.5 Å². The highest BCUT2D eigenvalue weighted by molar-refractivity contribution is 5.94. The van der Waals surface area contributed by atoms with E-state index in [1.807, 2.05) is 0 Å². The molecule has 1 aliphatic heterocycles. The maximum atomic E-state index is 12.6. The van der Waals surface area contributed by atoms with E-state index in [0.29, 0.717) is 50.0 Å². The standard InChI is InChI=1S/C18H21N5O3/c1-2-26-18(25)23-11-9-22(10-12-23)17(24)14-5-3-13(4-6-14)16-20-8-7-15(19)21-16/h3-8H,2,9-12H2,1H3,(H2,19,20,21). The molecular formula is C18H21N5O3. The largest absolute Gasteiger partial charge is 0.450 e. The third-order valence-electron chi connectivity index (χ3n) is 4.16. The van der Waals surface area contributed by atoms with Crippen LogP contribution >= 0.6 is 0 Å². The number of aromatic nitrogens is 2. The summed E-state index contributed by atoms with van der Waals surface area (Å²) in [7, 11) is 0. The SMILES string of the molecule is CCOC(=O)N1CCN(C(=O)c2ccc(-c3nccc(N)n3)cc2)CC1. The molecule has 0 saturated carbocycles. The first-order valence-corrected chi connectivity index (χ1v) is 8.48. The molecule has 0 bridgehead atoms. The van der Waals surface area contributed by atoms with E-state index in [9.17, 15) is 9.59 Å².